The van der Waals surface area contributed by atoms with Gasteiger partial charge in [-0.3, -0.25) is 0 Å². The van der Waals surface area contributed by atoms with E-state index < -0.39 is 17.4 Å². The van der Waals surface area contributed by atoms with Gasteiger partial charge in [0.2, 0.25) is 5.88 Å². The Morgan fingerprint density at radius 2 is 1.75 bits per heavy atom. The molecule has 0 aliphatic rings. The minimum Gasteiger partial charge on any atom is -0.477 e. The molecule has 28 heavy (non-hydrogen) atoms. The molecule has 0 unspecified atom stereocenters. The number of hydrogen-bond acceptors (Lipinski definition) is 4. The minimum absolute atomic E-state index is 0.0354. The molecule has 0 spiro atoms. The first kappa shape index (κ1) is 19.8. The number of halogens is 4. The van der Waals surface area contributed by atoms with Crippen molar-refractivity contribution in [3.8, 4) is 17.4 Å². The molecule has 3 aromatic rings. The molecule has 1 N–H and O–H groups in total. The summed E-state index contributed by atoms with van der Waals surface area (Å²) in [6, 6.07) is 11.7. The van der Waals surface area contributed by atoms with Crippen LogP contribution in [0.3, 0.4) is 0 Å². The van der Waals surface area contributed by atoms with Crippen molar-refractivity contribution < 1.29 is 22.6 Å². The molecule has 1 aromatic heterocycles. The van der Waals surface area contributed by atoms with Crippen molar-refractivity contribution in [3.05, 3.63) is 81.4 Å². The van der Waals surface area contributed by atoms with Crippen LogP contribution in [0.1, 0.15) is 11.1 Å². The number of rotatable bonds is 6. The molecule has 0 amide bonds. The Labute approximate surface area is 162 Å². The van der Waals surface area contributed by atoms with E-state index in [2.05, 4.69) is 9.97 Å². The van der Waals surface area contributed by atoms with Gasteiger partial charge in [-0.15, -0.1) is 0 Å². The van der Waals surface area contributed by atoms with E-state index in [1.54, 1.807) is 30.3 Å². The number of nitrogens with one attached hydrogen (secondary N) is 1. The molecule has 0 radical (unpaired) electrons. The van der Waals surface area contributed by atoms with Crippen molar-refractivity contribution in [1.29, 1.82) is 0 Å². The number of benzene rings is 2. The number of H-pyrrole nitrogens is 1. The lowest BCUT2D eigenvalue weighted by Crippen LogP contribution is -2.11. The predicted octanol–water partition coefficient (Wildman–Crippen LogP) is 4.86. The molecule has 1 heterocycles. The van der Waals surface area contributed by atoms with Gasteiger partial charge in [0, 0.05) is 18.7 Å². The van der Waals surface area contributed by atoms with E-state index in [1.165, 1.54) is 12.3 Å². The van der Waals surface area contributed by atoms with Crippen LogP contribution in [0.5, 0.6) is 17.4 Å². The Balaban J connectivity index is 1.59. The summed E-state index contributed by atoms with van der Waals surface area (Å²) in [5, 5.41) is -0.384. The van der Waals surface area contributed by atoms with Gasteiger partial charge in [-0.05, 0) is 35.9 Å². The van der Waals surface area contributed by atoms with E-state index in [1.807, 2.05) is 0 Å². The molecule has 0 saturated carbocycles. The summed E-state index contributed by atoms with van der Waals surface area (Å²) in [7, 11) is 0. The van der Waals surface area contributed by atoms with Crippen LogP contribution in [0, 0.1) is 0 Å². The molecule has 0 saturated heterocycles. The van der Waals surface area contributed by atoms with E-state index >= 15 is 0 Å². The lowest BCUT2D eigenvalue weighted by atomic mass is 10.1. The maximum atomic E-state index is 12.9. The zero-order valence-corrected chi connectivity index (χ0v) is 15.1. The van der Waals surface area contributed by atoms with Gasteiger partial charge in [0.25, 0.3) is 0 Å². The van der Waals surface area contributed by atoms with Crippen LogP contribution < -0.4 is 15.2 Å². The van der Waals surface area contributed by atoms with Crippen LogP contribution in [0.4, 0.5) is 13.2 Å². The fraction of sp³-hybridized carbons (Fsp3) is 0.158. The van der Waals surface area contributed by atoms with E-state index in [0.29, 0.717) is 18.8 Å². The summed E-state index contributed by atoms with van der Waals surface area (Å²) in [5.74, 6) is 0.650. The number of hydrogen-bond donors (Lipinski definition) is 1. The third-order valence-electron chi connectivity index (χ3n) is 3.69. The molecule has 0 bridgehead atoms. The first-order chi connectivity index (χ1) is 13.3. The summed E-state index contributed by atoms with van der Waals surface area (Å²) in [5.41, 5.74) is -0.520. The van der Waals surface area contributed by atoms with E-state index in [4.69, 9.17) is 21.1 Å². The van der Waals surface area contributed by atoms with Gasteiger partial charge in [-0.1, -0.05) is 23.7 Å². The number of alkyl halides is 3. The van der Waals surface area contributed by atoms with Crippen LogP contribution >= 0.6 is 11.6 Å². The third-order valence-corrected chi connectivity index (χ3v) is 4.02. The topological polar surface area (TPSA) is 64.2 Å². The average molecular weight is 411 g/mol. The zero-order valence-electron chi connectivity index (χ0n) is 14.3. The third kappa shape index (κ3) is 5.26. The highest BCUT2D eigenvalue weighted by Crippen LogP contribution is 2.37. The first-order valence-electron chi connectivity index (χ1n) is 8.13. The number of ether oxygens (including phenoxy) is 2. The minimum atomic E-state index is -4.56. The normalized spacial score (nSPS) is 11.3. The van der Waals surface area contributed by atoms with Crippen LogP contribution in [0.15, 0.2) is 59.5 Å². The quantitative estimate of drug-likeness (QED) is 0.630. The van der Waals surface area contributed by atoms with Crippen molar-refractivity contribution in [3.63, 3.8) is 0 Å². The van der Waals surface area contributed by atoms with Crippen molar-refractivity contribution in [2.24, 2.45) is 0 Å². The molecule has 3 rings (SSSR count). The smallest absolute Gasteiger partial charge is 0.417 e. The maximum absolute atomic E-state index is 12.9. The van der Waals surface area contributed by atoms with Gasteiger partial charge < -0.3 is 14.5 Å². The van der Waals surface area contributed by atoms with Crippen molar-refractivity contribution in [2.75, 3.05) is 6.61 Å². The highest BCUT2D eigenvalue weighted by molar-refractivity contribution is 6.31. The fourth-order valence-corrected chi connectivity index (χ4v) is 2.58. The molecule has 146 valence electrons. The highest BCUT2D eigenvalue weighted by Gasteiger charge is 2.33. The first-order valence-corrected chi connectivity index (χ1v) is 8.51. The van der Waals surface area contributed by atoms with Crippen molar-refractivity contribution >= 4 is 11.6 Å². The largest absolute Gasteiger partial charge is 0.477 e. The summed E-state index contributed by atoms with van der Waals surface area (Å²) >= 11 is 5.60. The lowest BCUT2D eigenvalue weighted by Gasteiger charge is -2.12. The Morgan fingerprint density at radius 1 is 1.04 bits per heavy atom. The van der Waals surface area contributed by atoms with E-state index in [0.717, 1.165) is 17.7 Å². The molecule has 0 fully saturated rings. The van der Waals surface area contributed by atoms with Crippen molar-refractivity contribution in [2.45, 2.75) is 12.6 Å². The standard InChI is InChI=1S/C19H14ClF3N2O3/c20-16-6-5-14(11-15(16)19(21,22)23)28-13-3-1-12(2-4-13)8-10-27-17-7-9-24-18(26)25-17/h1-7,9,11H,8,10H2,(H,24,25,26). The Bertz CT molecular complexity index is 1000. The number of aromatic nitrogens is 2. The Kier molecular flexibility index (Phi) is 5.89. The van der Waals surface area contributed by atoms with Gasteiger partial charge >= 0.3 is 11.9 Å². The molecular weight excluding hydrogens is 397 g/mol. The second kappa shape index (κ2) is 8.35. The summed E-state index contributed by atoms with van der Waals surface area (Å²) < 4.78 is 49.6. The highest BCUT2D eigenvalue weighted by atomic mass is 35.5. The second-order valence-corrected chi connectivity index (χ2v) is 6.12. The molecule has 0 aliphatic heterocycles. The Morgan fingerprint density at radius 3 is 2.43 bits per heavy atom. The molecule has 5 nitrogen and oxygen atoms in total. The second-order valence-electron chi connectivity index (χ2n) is 5.72. The summed E-state index contributed by atoms with van der Waals surface area (Å²) in [6.45, 7) is 0.308. The van der Waals surface area contributed by atoms with Crippen LogP contribution in [0.2, 0.25) is 5.02 Å². The molecule has 9 heteroatoms. The molecule has 2 aromatic carbocycles. The van der Waals surface area contributed by atoms with Gasteiger partial charge in [0.1, 0.15) is 11.5 Å². The van der Waals surface area contributed by atoms with E-state index in [-0.39, 0.29) is 16.7 Å². The number of nitrogens with zero attached hydrogens (tertiary/aromatic N) is 1. The molecule has 0 aliphatic carbocycles. The zero-order chi connectivity index (χ0) is 20.1. The molecule has 0 atom stereocenters. The monoisotopic (exact) mass is 410 g/mol. The van der Waals surface area contributed by atoms with Gasteiger partial charge in [-0.2, -0.15) is 18.2 Å². The molecular formula is C19H14ClF3N2O3. The van der Waals surface area contributed by atoms with Crippen LogP contribution in [-0.4, -0.2) is 16.6 Å². The fourth-order valence-electron chi connectivity index (χ4n) is 2.35. The lowest BCUT2D eigenvalue weighted by molar-refractivity contribution is -0.137. The summed E-state index contributed by atoms with van der Waals surface area (Å²) in [6.07, 6.45) is -2.56. The van der Waals surface area contributed by atoms with Crippen LogP contribution in [0.25, 0.3) is 0 Å². The summed E-state index contributed by atoms with van der Waals surface area (Å²) in [4.78, 5) is 17.1. The number of aromatic amines is 1. The van der Waals surface area contributed by atoms with Gasteiger partial charge in [-0.25, -0.2) is 4.79 Å². The van der Waals surface area contributed by atoms with Gasteiger partial charge in [0.05, 0.1) is 17.2 Å². The average Bonchev–Trinajstić information content (AvgIpc) is 2.64. The predicted molar refractivity (Wildman–Crippen MR) is 97.0 cm³/mol. The van der Waals surface area contributed by atoms with E-state index in [9.17, 15) is 18.0 Å². The Hall–Kier alpha value is -3.00. The van der Waals surface area contributed by atoms with Crippen molar-refractivity contribution in [1.82, 2.24) is 9.97 Å². The maximum Gasteiger partial charge on any atom is 0.417 e. The van der Waals surface area contributed by atoms with Gasteiger partial charge in [0.15, 0.2) is 0 Å². The van der Waals surface area contributed by atoms with Crippen LogP contribution in [-0.2, 0) is 12.6 Å². The SMILES string of the molecule is O=c1nc(OCCc2ccc(Oc3ccc(Cl)c(C(F)(F)F)c3)cc2)cc[nH]1.